The van der Waals surface area contributed by atoms with Gasteiger partial charge in [0, 0.05) is 22.8 Å². The molecule has 0 spiro atoms. The van der Waals surface area contributed by atoms with Crippen molar-refractivity contribution in [3.05, 3.63) is 113 Å². The Kier molecular flexibility index (Phi) is 8.73. The third kappa shape index (κ3) is 6.66. The number of hydrogen-bond donors (Lipinski definition) is 3. The normalized spacial score (nSPS) is 19.6. The van der Waals surface area contributed by atoms with Crippen molar-refractivity contribution in [3.63, 3.8) is 0 Å². The zero-order valence-electron chi connectivity index (χ0n) is 20.9. The fraction of sp³-hybridized carbons (Fsp3) is 0.207. The summed E-state index contributed by atoms with van der Waals surface area (Å²) in [6.07, 6.45) is 0. The summed E-state index contributed by atoms with van der Waals surface area (Å²) in [6.45, 7) is 7.52. The summed E-state index contributed by atoms with van der Waals surface area (Å²) in [5, 5.41) is 5.68. The summed E-state index contributed by atoms with van der Waals surface area (Å²) in [6, 6.07) is 22.1. The number of amides is 2. The average Bonchev–Trinajstić information content (AvgIpc) is 2.83. The SMILES string of the molecule is C/C(N)=C1/C(=Nc2ccccc2C)NC(=O)[C@@H](NC(=O)c2cccc(C)c2)C1C.Fc1ccccc1. The maximum atomic E-state index is 12.8. The van der Waals surface area contributed by atoms with Crippen molar-refractivity contribution in [2.24, 2.45) is 16.6 Å². The molecule has 6 nitrogen and oxygen atoms in total. The number of amidine groups is 1. The number of nitrogens with two attached hydrogens (primary N) is 1. The first kappa shape index (κ1) is 26.3. The summed E-state index contributed by atoms with van der Waals surface area (Å²) in [4.78, 5) is 30.1. The molecular formula is C29H31FN4O2. The van der Waals surface area contributed by atoms with Gasteiger partial charge in [0.05, 0.1) is 5.69 Å². The lowest BCUT2D eigenvalue weighted by molar-refractivity contribution is -0.122. The molecule has 1 fully saturated rings. The van der Waals surface area contributed by atoms with Crippen molar-refractivity contribution in [2.75, 3.05) is 0 Å². The minimum Gasteiger partial charge on any atom is -0.402 e. The topological polar surface area (TPSA) is 96.6 Å². The van der Waals surface area contributed by atoms with E-state index in [2.05, 4.69) is 15.6 Å². The van der Waals surface area contributed by atoms with Gasteiger partial charge in [-0.2, -0.15) is 0 Å². The van der Waals surface area contributed by atoms with Gasteiger partial charge in [0.1, 0.15) is 17.7 Å². The van der Waals surface area contributed by atoms with E-state index in [-0.39, 0.29) is 23.5 Å². The molecule has 1 saturated heterocycles. The Labute approximate surface area is 211 Å². The van der Waals surface area contributed by atoms with Crippen LogP contribution in [-0.2, 0) is 4.79 Å². The quantitative estimate of drug-likeness (QED) is 0.488. The van der Waals surface area contributed by atoms with E-state index < -0.39 is 6.04 Å². The van der Waals surface area contributed by atoms with Crippen molar-refractivity contribution >= 4 is 23.3 Å². The number of nitrogens with zero attached hydrogens (tertiary/aromatic N) is 1. The van der Waals surface area contributed by atoms with Crippen molar-refractivity contribution in [1.82, 2.24) is 10.6 Å². The summed E-state index contributed by atoms with van der Waals surface area (Å²) in [5.74, 6) is -0.685. The van der Waals surface area contributed by atoms with Crippen LogP contribution in [0, 0.1) is 25.6 Å². The van der Waals surface area contributed by atoms with Gasteiger partial charge in [0.2, 0.25) is 5.91 Å². The fourth-order valence-electron chi connectivity index (χ4n) is 3.93. The molecule has 0 bridgehead atoms. The minimum absolute atomic E-state index is 0.178. The lowest BCUT2D eigenvalue weighted by atomic mass is 9.86. The highest BCUT2D eigenvalue weighted by atomic mass is 19.1. The molecule has 3 aromatic rings. The van der Waals surface area contributed by atoms with E-state index in [0.29, 0.717) is 17.1 Å². The van der Waals surface area contributed by atoms with E-state index >= 15 is 0 Å². The average molecular weight is 487 g/mol. The molecule has 0 aliphatic carbocycles. The predicted octanol–water partition coefficient (Wildman–Crippen LogP) is 4.96. The Bertz CT molecular complexity index is 1300. The van der Waals surface area contributed by atoms with Gasteiger partial charge in [-0.3, -0.25) is 9.59 Å². The molecular weight excluding hydrogens is 455 g/mol. The highest BCUT2D eigenvalue weighted by Crippen LogP contribution is 2.26. The first-order chi connectivity index (χ1) is 17.2. The number of hydrogen-bond acceptors (Lipinski definition) is 4. The van der Waals surface area contributed by atoms with Crippen LogP contribution in [0.5, 0.6) is 0 Å². The standard InChI is InChI=1S/C23H26N4O2.C6H5F/c1-13-8-7-10-17(12-13)22(28)26-20-15(3)19(16(4)24)21(27-23(20)29)25-18-11-6-5-9-14(18)2;7-6-4-2-1-3-5-6/h5-12,15,20H,24H2,1-4H3,(H,26,28)(H,25,27,29);1-5H/b19-16-;/t15?,20-;/m0./s1. The maximum absolute atomic E-state index is 12.8. The van der Waals surface area contributed by atoms with Crippen LogP contribution in [0.1, 0.15) is 35.3 Å². The van der Waals surface area contributed by atoms with Gasteiger partial charge >= 0.3 is 0 Å². The van der Waals surface area contributed by atoms with Crippen LogP contribution >= 0.6 is 0 Å². The highest BCUT2D eigenvalue weighted by Gasteiger charge is 2.38. The molecule has 4 rings (SSSR count). The number of carbonyl (C=O) groups excluding carboxylic acids is 2. The van der Waals surface area contributed by atoms with Crippen LogP contribution in [0.15, 0.2) is 95.1 Å². The van der Waals surface area contributed by atoms with Crippen LogP contribution in [0.25, 0.3) is 0 Å². The van der Waals surface area contributed by atoms with Gasteiger partial charge in [0.25, 0.3) is 5.91 Å². The molecule has 36 heavy (non-hydrogen) atoms. The second-order valence-corrected chi connectivity index (χ2v) is 8.74. The Morgan fingerprint density at radius 1 is 1.00 bits per heavy atom. The number of benzene rings is 3. The van der Waals surface area contributed by atoms with Gasteiger partial charge < -0.3 is 16.4 Å². The monoisotopic (exact) mass is 486 g/mol. The Morgan fingerprint density at radius 3 is 2.25 bits per heavy atom. The van der Waals surface area contributed by atoms with E-state index in [1.807, 2.05) is 57.2 Å². The van der Waals surface area contributed by atoms with E-state index in [9.17, 15) is 14.0 Å². The predicted molar refractivity (Wildman–Crippen MR) is 141 cm³/mol. The van der Waals surface area contributed by atoms with Gasteiger partial charge in [0.15, 0.2) is 0 Å². The highest BCUT2D eigenvalue weighted by molar-refractivity contribution is 6.14. The maximum Gasteiger partial charge on any atom is 0.251 e. The molecule has 2 atom stereocenters. The fourth-order valence-corrected chi connectivity index (χ4v) is 3.93. The van der Waals surface area contributed by atoms with Crippen molar-refractivity contribution < 1.29 is 14.0 Å². The van der Waals surface area contributed by atoms with Crippen LogP contribution in [0.2, 0.25) is 0 Å². The zero-order chi connectivity index (χ0) is 26.2. The van der Waals surface area contributed by atoms with Crippen molar-refractivity contribution in [1.29, 1.82) is 0 Å². The van der Waals surface area contributed by atoms with Crippen LogP contribution in [0.3, 0.4) is 0 Å². The molecule has 186 valence electrons. The number of piperidine rings is 1. The molecule has 4 N–H and O–H groups in total. The van der Waals surface area contributed by atoms with Crippen LogP contribution in [0.4, 0.5) is 10.1 Å². The first-order valence-corrected chi connectivity index (χ1v) is 11.7. The van der Waals surface area contributed by atoms with Gasteiger partial charge in [-0.15, -0.1) is 0 Å². The molecule has 3 aromatic carbocycles. The number of rotatable bonds is 3. The molecule has 0 aromatic heterocycles. The lowest BCUT2D eigenvalue weighted by Gasteiger charge is -2.33. The second-order valence-electron chi connectivity index (χ2n) is 8.74. The van der Waals surface area contributed by atoms with E-state index in [0.717, 1.165) is 22.4 Å². The first-order valence-electron chi connectivity index (χ1n) is 11.7. The Hall–Kier alpha value is -4.26. The molecule has 0 saturated carbocycles. The number of halogens is 1. The number of nitrogens with one attached hydrogen (secondary N) is 2. The number of para-hydroxylation sites is 1. The summed E-state index contributed by atoms with van der Waals surface area (Å²) >= 11 is 0. The van der Waals surface area contributed by atoms with E-state index in [1.165, 1.54) is 12.1 Å². The third-order valence-corrected chi connectivity index (χ3v) is 5.81. The summed E-state index contributed by atoms with van der Waals surface area (Å²) < 4.78 is 11.9. The third-order valence-electron chi connectivity index (χ3n) is 5.81. The molecule has 1 aliphatic heterocycles. The minimum atomic E-state index is -0.743. The number of aryl methyl sites for hydroxylation is 2. The molecule has 1 unspecified atom stereocenters. The molecule has 1 heterocycles. The molecule has 7 heteroatoms. The van der Waals surface area contributed by atoms with Crippen LogP contribution < -0.4 is 16.4 Å². The Morgan fingerprint density at radius 2 is 1.67 bits per heavy atom. The Balaban J connectivity index is 0.000000444. The van der Waals surface area contributed by atoms with Crippen molar-refractivity contribution in [3.8, 4) is 0 Å². The number of carbonyl (C=O) groups is 2. The summed E-state index contributed by atoms with van der Waals surface area (Å²) in [5.41, 5.74) is 10.7. The van der Waals surface area contributed by atoms with Crippen molar-refractivity contribution in [2.45, 2.75) is 33.7 Å². The number of aliphatic imine (C=N–C) groups is 1. The summed E-state index contributed by atoms with van der Waals surface area (Å²) in [7, 11) is 0. The molecule has 0 radical (unpaired) electrons. The van der Waals surface area contributed by atoms with Gasteiger partial charge in [-0.1, -0.05) is 61.0 Å². The van der Waals surface area contributed by atoms with Crippen LogP contribution in [-0.4, -0.2) is 23.7 Å². The molecule has 1 aliphatic rings. The largest absolute Gasteiger partial charge is 0.402 e. The second kappa shape index (κ2) is 11.9. The van der Waals surface area contributed by atoms with E-state index in [4.69, 9.17) is 5.73 Å². The molecule has 2 amide bonds. The van der Waals surface area contributed by atoms with E-state index in [1.54, 1.807) is 37.3 Å². The lowest BCUT2D eigenvalue weighted by Crippen LogP contribution is -2.58. The zero-order valence-corrected chi connectivity index (χ0v) is 20.9. The van der Waals surface area contributed by atoms with Gasteiger partial charge in [-0.25, -0.2) is 9.38 Å². The number of allylic oxidation sites excluding steroid dienone is 1. The smallest absolute Gasteiger partial charge is 0.251 e. The van der Waals surface area contributed by atoms with Gasteiger partial charge in [-0.05, 0) is 56.7 Å².